The summed E-state index contributed by atoms with van der Waals surface area (Å²) in [6.45, 7) is 4.30. The van der Waals surface area contributed by atoms with Crippen molar-refractivity contribution in [2.45, 2.75) is 26.4 Å². The summed E-state index contributed by atoms with van der Waals surface area (Å²) in [7, 11) is 1.59. The first kappa shape index (κ1) is 16.9. The van der Waals surface area contributed by atoms with Crippen molar-refractivity contribution in [2.75, 3.05) is 13.7 Å². The highest BCUT2D eigenvalue weighted by Crippen LogP contribution is 2.13. The number of amides is 1. The Kier molecular flexibility index (Phi) is 5.65. The van der Waals surface area contributed by atoms with E-state index in [1.807, 2.05) is 38.1 Å². The van der Waals surface area contributed by atoms with Crippen LogP contribution in [0.15, 0.2) is 35.3 Å². The predicted molar refractivity (Wildman–Crippen MR) is 88.5 cm³/mol. The van der Waals surface area contributed by atoms with Crippen molar-refractivity contribution in [1.29, 1.82) is 0 Å². The fourth-order valence-electron chi connectivity index (χ4n) is 2.11. The fraction of sp³-hybridized carbons (Fsp3) is 0.353. The predicted octanol–water partition coefficient (Wildman–Crippen LogP) is 1.90. The average molecular weight is 315 g/mol. The molecule has 0 aliphatic carbocycles. The largest absolute Gasteiger partial charge is 0.380 e. The molecule has 6 nitrogen and oxygen atoms in total. The molecule has 2 N–H and O–H groups in total. The maximum absolute atomic E-state index is 12.1. The van der Waals surface area contributed by atoms with Crippen LogP contribution < -0.4 is 10.9 Å². The quantitative estimate of drug-likeness (QED) is 0.853. The van der Waals surface area contributed by atoms with Crippen molar-refractivity contribution < 1.29 is 9.53 Å². The summed E-state index contributed by atoms with van der Waals surface area (Å²) >= 11 is 0. The van der Waals surface area contributed by atoms with Crippen molar-refractivity contribution in [3.05, 3.63) is 51.9 Å². The van der Waals surface area contributed by atoms with Gasteiger partial charge in [0.15, 0.2) is 0 Å². The molecule has 0 aliphatic rings. The highest BCUT2D eigenvalue weighted by Gasteiger charge is 2.14. The van der Waals surface area contributed by atoms with Gasteiger partial charge in [-0.05, 0) is 13.3 Å². The molecule has 2 rings (SSSR count). The molecule has 0 saturated heterocycles. The summed E-state index contributed by atoms with van der Waals surface area (Å²) in [6, 6.07) is 7.62. The van der Waals surface area contributed by atoms with E-state index in [0.29, 0.717) is 12.4 Å². The molecule has 0 saturated carbocycles. The van der Waals surface area contributed by atoms with E-state index in [9.17, 15) is 9.59 Å². The number of carbonyl (C=O) groups excluding carboxylic acids is 1. The molecule has 0 radical (unpaired) electrons. The zero-order chi connectivity index (χ0) is 16.8. The number of nitrogens with one attached hydrogen (secondary N) is 2. The molecule has 1 atom stereocenters. The lowest BCUT2D eigenvalue weighted by molar-refractivity contribution is 0.0814. The standard InChI is InChI=1S/C17H21N3O3/c1-4-13(23-3)9-19-16(21)14-10-18-15(20-17(14)22)12-7-5-11(2)6-8-12/h5-8,10,13H,4,9H2,1-3H3,(H,19,21)(H,18,20,22). The topological polar surface area (TPSA) is 84.1 Å². The van der Waals surface area contributed by atoms with E-state index in [4.69, 9.17) is 4.74 Å². The van der Waals surface area contributed by atoms with Crippen LogP contribution in [0.25, 0.3) is 11.4 Å². The van der Waals surface area contributed by atoms with Crippen LogP contribution in [0.4, 0.5) is 0 Å². The van der Waals surface area contributed by atoms with E-state index in [0.717, 1.165) is 17.5 Å². The Morgan fingerprint density at radius 1 is 1.35 bits per heavy atom. The van der Waals surface area contributed by atoms with Crippen LogP contribution in [0.3, 0.4) is 0 Å². The first-order valence-corrected chi connectivity index (χ1v) is 7.52. The highest BCUT2D eigenvalue weighted by atomic mass is 16.5. The van der Waals surface area contributed by atoms with E-state index < -0.39 is 11.5 Å². The lowest BCUT2D eigenvalue weighted by atomic mass is 10.1. The maximum atomic E-state index is 12.1. The number of rotatable bonds is 6. The smallest absolute Gasteiger partial charge is 0.264 e. The van der Waals surface area contributed by atoms with Crippen molar-refractivity contribution in [3.63, 3.8) is 0 Å². The Morgan fingerprint density at radius 2 is 2.04 bits per heavy atom. The molecule has 0 spiro atoms. The highest BCUT2D eigenvalue weighted by molar-refractivity contribution is 5.93. The van der Waals surface area contributed by atoms with E-state index in [-0.39, 0.29) is 11.7 Å². The summed E-state index contributed by atoms with van der Waals surface area (Å²) in [6.07, 6.45) is 2.01. The maximum Gasteiger partial charge on any atom is 0.264 e. The van der Waals surface area contributed by atoms with Gasteiger partial charge in [0.25, 0.3) is 11.5 Å². The molecule has 1 aromatic heterocycles. The minimum Gasteiger partial charge on any atom is -0.380 e. The van der Waals surface area contributed by atoms with Crippen LogP contribution in [-0.4, -0.2) is 35.6 Å². The second-order valence-corrected chi connectivity index (χ2v) is 5.32. The second-order valence-electron chi connectivity index (χ2n) is 5.32. The Bertz CT molecular complexity index is 719. The van der Waals surface area contributed by atoms with E-state index in [2.05, 4.69) is 15.3 Å². The van der Waals surface area contributed by atoms with Crippen molar-refractivity contribution in [2.24, 2.45) is 0 Å². The van der Waals surface area contributed by atoms with Crippen molar-refractivity contribution in [1.82, 2.24) is 15.3 Å². The van der Waals surface area contributed by atoms with Crippen molar-refractivity contribution in [3.8, 4) is 11.4 Å². The van der Waals surface area contributed by atoms with E-state index in [1.54, 1.807) is 7.11 Å². The van der Waals surface area contributed by atoms with Gasteiger partial charge in [0, 0.05) is 25.4 Å². The van der Waals surface area contributed by atoms with Crippen LogP contribution in [0.1, 0.15) is 29.3 Å². The molecule has 1 aromatic carbocycles. The number of nitrogens with zero attached hydrogens (tertiary/aromatic N) is 1. The minimum atomic E-state index is -0.460. The van der Waals surface area contributed by atoms with Crippen LogP contribution in [0.2, 0.25) is 0 Å². The molecule has 1 amide bonds. The van der Waals surface area contributed by atoms with Crippen LogP contribution >= 0.6 is 0 Å². The Labute approximate surface area is 134 Å². The van der Waals surface area contributed by atoms with Crippen molar-refractivity contribution >= 4 is 5.91 Å². The number of hydrogen-bond acceptors (Lipinski definition) is 4. The van der Waals surface area contributed by atoms with Gasteiger partial charge in [-0.1, -0.05) is 36.8 Å². The number of aryl methyl sites for hydroxylation is 1. The van der Waals surface area contributed by atoms with Crippen LogP contribution in [0, 0.1) is 6.92 Å². The lowest BCUT2D eigenvalue weighted by Crippen LogP contribution is -2.35. The molecule has 1 unspecified atom stereocenters. The number of benzene rings is 1. The lowest BCUT2D eigenvalue weighted by Gasteiger charge is -2.13. The van der Waals surface area contributed by atoms with Gasteiger partial charge in [-0.2, -0.15) is 0 Å². The average Bonchev–Trinajstić information content (AvgIpc) is 2.56. The first-order chi connectivity index (χ1) is 11.0. The number of H-pyrrole nitrogens is 1. The third-order valence-corrected chi connectivity index (χ3v) is 3.65. The van der Waals surface area contributed by atoms with Gasteiger partial charge in [0.05, 0.1) is 6.10 Å². The SMILES string of the molecule is CCC(CNC(=O)c1cnc(-c2ccc(C)cc2)[nH]c1=O)OC. The third kappa shape index (κ3) is 4.26. The van der Waals surface area contributed by atoms with Gasteiger partial charge in [-0.15, -0.1) is 0 Å². The first-order valence-electron chi connectivity index (χ1n) is 7.52. The van der Waals surface area contributed by atoms with Crippen LogP contribution in [0.5, 0.6) is 0 Å². The molecule has 0 aliphatic heterocycles. The fourth-order valence-corrected chi connectivity index (χ4v) is 2.11. The number of ether oxygens (including phenoxy) is 1. The van der Waals surface area contributed by atoms with Gasteiger partial charge in [0.2, 0.25) is 0 Å². The monoisotopic (exact) mass is 315 g/mol. The molecule has 1 heterocycles. The number of carbonyl (C=O) groups is 1. The Morgan fingerprint density at radius 3 is 2.61 bits per heavy atom. The third-order valence-electron chi connectivity index (χ3n) is 3.65. The zero-order valence-corrected chi connectivity index (χ0v) is 13.6. The zero-order valence-electron chi connectivity index (χ0n) is 13.6. The van der Waals surface area contributed by atoms with Gasteiger partial charge in [-0.25, -0.2) is 4.98 Å². The van der Waals surface area contributed by atoms with Gasteiger partial charge >= 0.3 is 0 Å². The summed E-state index contributed by atoms with van der Waals surface area (Å²) in [5, 5.41) is 2.68. The van der Waals surface area contributed by atoms with Gasteiger partial charge in [0.1, 0.15) is 11.4 Å². The normalized spacial score (nSPS) is 12.0. The molecule has 0 fully saturated rings. The number of aromatic nitrogens is 2. The summed E-state index contributed by atoms with van der Waals surface area (Å²) < 4.78 is 5.19. The Balaban J connectivity index is 2.14. The summed E-state index contributed by atoms with van der Waals surface area (Å²) in [5.74, 6) is -0.0143. The van der Waals surface area contributed by atoms with Gasteiger partial charge in [-0.3, -0.25) is 9.59 Å². The number of aromatic amines is 1. The molecular formula is C17H21N3O3. The summed E-state index contributed by atoms with van der Waals surface area (Å²) in [5.41, 5.74) is 1.45. The van der Waals surface area contributed by atoms with Crippen LogP contribution in [-0.2, 0) is 4.74 Å². The molecular weight excluding hydrogens is 294 g/mol. The number of hydrogen-bond donors (Lipinski definition) is 2. The molecule has 23 heavy (non-hydrogen) atoms. The van der Waals surface area contributed by atoms with Gasteiger partial charge < -0.3 is 15.0 Å². The molecule has 0 bridgehead atoms. The summed E-state index contributed by atoms with van der Waals surface area (Å²) in [4.78, 5) is 31.0. The molecule has 122 valence electrons. The minimum absolute atomic E-state index is 0.00758. The molecule has 6 heteroatoms. The number of methoxy groups -OCH3 is 1. The second kappa shape index (κ2) is 7.69. The van der Waals surface area contributed by atoms with E-state index in [1.165, 1.54) is 6.20 Å². The molecule has 2 aromatic rings. The van der Waals surface area contributed by atoms with E-state index >= 15 is 0 Å². The Hall–Kier alpha value is -2.47.